The maximum atomic E-state index is 11.3. The van der Waals surface area contributed by atoms with Crippen molar-refractivity contribution in [3.63, 3.8) is 0 Å². The van der Waals surface area contributed by atoms with Crippen LogP contribution in [0, 0.1) is 17.2 Å². The SMILES string of the molecule is CC(C)CC(C)(COc1ccc(B2OC(C)(C)C(C)(C)O2)cc1C#N)OC(N)=O. The number of hydrogen-bond acceptors (Lipinski definition) is 6. The van der Waals surface area contributed by atoms with Crippen LogP contribution in [0.1, 0.15) is 60.5 Å². The van der Waals surface area contributed by atoms with E-state index in [-0.39, 0.29) is 12.5 Å². The van der Waals surface area contributed by atoms with Gasteiger partial charge in [0.05, 0.1) is 16.8 Å². The first kappa shape index (κ1) is 23.0. The Labute approximate surface area is 173 Å². The van der Waals surface area contributed by atoms with Gasteiger partial charge < -0.3 is 24.5 Å². The number of rotatable bonds is 7. The minimum atomic E-state index is -0.892. The van der Waals surface area contributed by atoms with Crippen molar-refractivity contribution in [1.82, 2.24) is 0 Å². The number of ether oxygens (including phenoxy) is 2. The Morgan fingerprint density at radius 2 is 1.86 bits per heavy atom. The molecule has 1 atom stereocenters. The third-order valence-electron chi connectivity index (χ3n) is 5.37. The Morgan fingerprint density at radius 3 is 2.34 bits per heavy atom. The van der Waals surface area contributed by atoms with Crippen molar-refractivity contribution in [2.45, 2.75) is 71.7 Å². The number of amides is 1. The summed E-state index contributed by atoms with van der Waals surface area (Å²) >= 11 is 0. The van der Waals surface area contributed by atoms with Gasteiger partial charge >= 0.3 is 13.2 Å². The number of carbonyl (C=O) groups excluding carboxylic acids is 1. The van der Waals surface area contributed by atoms with Crippen LogP contribution in [0.4, 0.5) is 4.79 Å². The van der Waals surface area contributed by atoms with E-state index < -0.39 is 30.0 Å². The lowest BCUT2D eigenvalue weighted by molar-refractivity contribution is -0.0186. The Balaban J connectivity index is 2.19. The van der Waals surface area contributed by atoms with Crippen LogP contribution in [0.3, 0.4) is 0 Å². The van der Waals surface area contributed by atoms with Crippen molar-refractivity contribution in [2.24, 2.45) is 11.7 Å². The molecule has 1 aliphatic heterocycles. The van der Waals surface area contributed by atoms with Crippen LogP contribution < -0.4 is 15.9 Å². The van der Waals surface area contributed by atoms with E-state index in [1.807, 2.05) is 47.6 Å². The summed E-state index contributed by atoms with van der Waals surface area (Å²) in [5, 5.41) is 9.59. The van der Waals surface area contributed by atoms with E-state index in [1.165, 1.54) is 0 Å². The Morgan fingerprint density at radius 1 is 1.28 bits per heavy atom. The highest BCUT2D eigenvalue weighted by atomic mass is 16.7. The summed E-state index contributed by atoms with van der Waals surface area (Å²) in [5.41, 5.74) is 4.48. The molecule has 0 saturated carbocycles. The second-order valence-electron chi connectivity index (χ2n) is 9.21. The highest BCUT2D eigenvalue weighted by Gasteiger charge is 2.51. The van der Waals surface area contributed by atoms with Gasteiger partial charge in [0.2, 0.25) is 0 Å². The monoisotopic (exact) mass is 402 g/mol. The van der Waals surface area contributed by atoms with Gasteiger partial charge in [0, 0.05) is 0 Å². The predicted octanol–water partition coefficient (Wildman–Crippen LogP) is 3.14. The molecule has 0 bridgehead atoms. The first-order valence-corrected chi connectivity index (χ1v) is 9.79. The molecule has 0 spiro atoms. The first-order valence-electron chi connectivity index (χ1n) is 9.79. The van der Waals surface area contributed by atoms with Gasteiger partial charge in [-0.3, -0.25) is 0 Å². The second kappa shape index (κ2) is 8.25. The molecular formula is C21H31BN2O5. The van der Waals surface area contributed by atoms with Crippen LogP contribution in [-0.2, 0) is 14.0 Å². The molecule has 1 fully saturated rings. The van der Waals surface area contributed by atoms with Crippen molar-refractivity contribution >= 4 is 18.7 Å². The third kappa shape index (κ3) is 5.43. The molecule has 0 radical (unpaired) electrons. The molecule has 2 rings (SSSR count). The van der Waals surface area contributed by atoms with Gasteiger partial charge in [-0.25, -0.2) is 4.79 Å². The van der Waals surface area contributed by atoms with Gasteiger partial charge in [0.1, 0.15) is 24.0 Å². The van der Waals surface area contributed by atoms with E-state index >= 15 is 0 Å². The topological polar surface area (TPSA) is 104 Å². The highest BCUT2D eigenvalue weighted by molar-refractivity contribution is 6.62. The zero-order valence-electron chi connectivity index (χ0n) is 18.4. The zero-order valence-corrected chi connectivity index (χ0v) is 18.4. The molecule has 1 aliphatic rings. The molecule has 29 heavy (non-hydrogen) atoms. The first-order chi connectivity index (χ1) is 13.3. The van der Waals surface area contributed by atoms with Crippen LogP contribution in [0.5, 0.6) is 5.75 Å². The standard InChI is InChI=1S/C21H31BN2O5/c1-14(2)11-21(7,27-18(24)25)13-26-17-9-8-16(10-15(17)12-23)22-28-19(3,4)20(5,6)29-22/h8-10,14H,11,13H2,1-7H3,(H2,24,25). The van der Waals surface area contributed by atoms with E-state index in [1.54, 1.807) is 19.1 Å². The van der Waals surface area contributed by atoms with Crippen LogP contribution in [-0.4, -0.2) is 36.6 Å². The number of primary amides is 1. The molecule has 1 aromatic rings. The Bertz CT molecular complexity index is 787. The third-order valence-corrected chi connectivity index (χ3v) is 5.37. The molecule has 1 saturated heterocycles. The van der Waals surface area contributed by atoms with Crippen LogP contribution >= 0.6 is 0 Å². The maximum absolute atomic E-state index is 11.3. The molecule has 0 aliphatic carbocycles. The Hall–Kier alpha value is -2.24. The minimum absolute atomic E-state index is 0.0820. The summed E-state index contributed by atoms with van der Waals surface area (Å²) in [6.45, 7) is 13.8. The molecule has 0 aromatic heterocycles. The molecule has 8 heteroatoms. The number of hydrogen-bond donors (Lipinski definition) is 1. The maximum Gasteiger partial charge on any atom is 0.494 e. The van der Waals surface area contributed by atoms with Crippen LogP contribution in [0.15, 0.2) is 18.2 Å². The molecule has 1 amide bonds. The molecule has 1 heterocycles. The normalized spacial score (nSPS) is 19.5. The van der Waals surface area contributed by atoms with Gasteiger partial charge in [0.25, 0.3) is 0 Å². The van der Waals surface area contributed by atoms with Gasteiger partial charge in [-0.05, 0) is 64.6 Å². The van der Waals surface area contributed by atoms with E-state index in [0.717, 1.165) is 5.46 Å². The quantitative estimate of drug-likeness (QED) is 0.703. The largest absolute Gasteiger partial charge is 0.494 e. The summed E-state index contributed by atoms with van der Waals surface area (Å²) < 4.78 is 23.2. The number of nitriles is 1. The van der Waals surface area contributed by atoms with Crippen molar-refractivity contribution < 1.29 is 23.6 Å². The summed E-state index contributed by atoms with van der Waals surface area (Å²) in [7, 11) is -0.564. The average molecular weight is 402 g/mol. The van der Waals surface area contributed by atoms with Crippen LogP contribution in [0.25, 0.3) is 0 Å². The number of nitrogens with two attached hydrogens (primary N) is 1. The van der Waals surface area contributed by atoms with E-state index in [9.17, 15) is 10.1 Å². The molecule has 1 unspecified atom stereocenters. The van der Waals surface area contributed by atoms with Gasteiger partial charge in [-0.2, -0.15) is 5.26 Å². The summed E-state index contributed by atoms with van der Waals surface area (Å²) in [5.74, 6) is 0.667. The van der Waals surface area contributed by atoms with E-state index in [4.69, 9.17) is 24.5 Å². The zero-order chi connectivity index (χ0) is 22.0. The van der Waals surface area contributed by atoms with Crippen LogP contribution in [0.2, 0.25) is 0 Å². The summed E-state index contributed by atoms with van der Waals surface area (Å²) in [4.78, 5) is 11.3. The fraction of sp³-hybridized carbons (Fsp3) is 0.619. The molecule has 158 valence electrons. The van der Waals surface area contributed by atoms with Gasteiger partial charge in [-0.1, -0.05) is 19.9 Å². The lowest BCUT2D eigenvalue weighted by atomic mass is 9.78. The summed E-state index contributed by atoms with van der Waals surface area (Å²) in [6.07, 6.45) is -0.280. The fourth-order valence-electron chi connectivity index (χ4n) is 3.35. The Kier molecular flexibility index (Phi) is 6.56. The number of benzene rings is 1. The molecule has 7 nitrogen and oxygen atoms in total. The second-order valence-corrected chi connectivity index (χ2v) is 9.21. The van der Waals surface area contributed by atoms with E-state index in [2.05, 4.69) is 6.07 Å². The smallest absolute Gasteiger partial charge is 0.488 e. The lowest BCUT2D eigenvalue weighted by Gasteiger charge is -2.32. The fourth-order valence-corrected chi connectivity index (χ4v) is 3.35. The minimum Gasteiger partial charge on any atom is -0.488 e. The average Bonchev–Trinajstić information content (AvgIpc) is 2.79. The highest BCUT2D eigenvalue weighted by Crippen LogP contribution is 2.36. The predicted molar refractivity (Wildman–Crippen MR) is 111 cm³/mol. The number of carbonyl (C=O) groups is 1. The van der Waals surface area contributed by atoms with Crippen molar-refractivity contribution in [3.05, 3.63) is 23.8 Å². The molecule has 1 aromatic carbocycles. The lowest BCUT2D eigenvalue weighted by Crippen LogP contribution is -2.41. The van der Waals surface area contributed by atoms with Gasteiger partial charge in [0.15, 0.2) is 0 Å². The van der Waals surface area contributed by atoms with Gasteiger partial charge in [-0.15, -0.1) is 0 Å². The van der Waals surface area contributed by atoms with E-state index in [0.29, 0.717) is 17.7 Å². The van der Waals surface area contributed by atoms with Crippen molar-refractivity contribution in [3.8, 4) is 11.8 Å². The number of nitrogens with zero attached hydrogens (tertiary/aromatic N) is 1. The molecular weight excluding hydrogens is 371 g/mol. The van der Waals surface area contributed by atoms with Crippen molar-refractivity contribution in [1.29, 1.82) is 5.26 Å². The molecule has 2 N–H and O–H groups in total. The van der Waals surface area contributed by atoms with Crippen molar-refractivity contribution in [2.75, 3.05) is 6.61 Å². The summed E-state index contributed by atoms with van der Waals surface area (Å²) in [6, 6.07) is 7.37.